The number of methoxy groups -OCH3 is 5. The Morgan fingerprint density at radius 3 is 1.66 bits per heavy atom. The molecule has 0 bridgehead atoms. The van der Waals surface area contributed by atoms with Gasteiger partial charge in [0.05, 0.1) is 46.9 Å². The van der Waals surface area contributed by atoms with Crippen molar-refractivity contribution in [2.45, 2.75) is 30.8 Å². The molecule has 0 heterocycles. The summed E-state index contributed by atoms with van der Waals surface area (Å²) in [6.07, 6.45) is 0.118. The van der Waals surface area contributed by atoms with E-state index in [1.54, 1.807) is 24.3 Å². The normalized spacial score (nSPS) is 10.5. The molecule has 0 aliphatic carbocycles. The standard InChI is InChI=1S/C31H34O9S/c1-35-25-15-21(16-26(36-2)30(25)38-4)23(32)11-12-24(33)22-17-27(37-3)31(39-5)28(18-22)41-14-13-29(34)40-19-20-9-7-6-8-10-20/h6-10,15-18H,11-14,19H2,1-5H3. The van der Waals surface area contributed by atoms with Gasteiger partial charge in [-0.1, -0.05) is 30.3 Å². The van der Waals surface area contributed by atoms with Crippen molar-refractivity contribution in [1.29, 1.82) is 0 Å². The Labute approximate surface area is 244 Å². The summed E-state index contributed by atoms with van der Waals surface area (Å²) in [6.45, 7) is 0.209. The smallest absolute Gasteiger partial charge is 0.306 e. The molecular weight excluding hydrogens is 548 g/mol. The van der Waals surface area contributed by atoms with Crippen molar-refractivity contribution < 1.29 is 42.8 Å². The van der Waals surface area contributed by atoms with E-state index >= 15 is 0 Å². The zero-order valence-electron chi connectivity index (χ0n) is 23.8. The SMILES string of the molecule is COc1cc(C(=O)CCC(=O)c2cc(OC)c(OC)c(SCCC(=O)OCc3ccccc3)c2)cc(OC)c1OC. The van der Waals surface area contributed by atoms with E-state index in [0.717, 1.165) is 5.56 Å². The van der Waals surface area contributed by atoms with E-state index in [0.29, 0.717) is 50.5 Å². The van der Waals surface area contributed by atoms with E-state index in [2.05, 4.69) is 0 Å². The van der Waals surface area contributed by atoms with Crippen molar-refractivity contribution in [2.75, 3.05) is 41.3 Å². The Bertz CT molecular complexity index is 1330. The van der Waals surface area contributed by atoms with Crippen LogP contribution in [0.2, 0.25) is 0 Å². The molecule has 0 atom stereocenters. The highest BCUT2D eigenvalue weighted by molar-refractivity contribution is 7.99. The van der Waals surface area contributed by atoms with Crippen LogP contribution in [0, 0.1) is 0 Å². The number of thioether (sulfide) groups is 1. The number of benzene rings is 3. The number of esters is 1. The van der Waals surface area contributed by atoms with Crippen LogP contribution in [-0.4, -0.2) is 58.8 Å². The highest BCUT2D eigenvalue weighted by Gasteiger charge is 2.20. The van der Waals surface area contributed by atoms with Crippen molar-refractivity contribution in [1.82, 2.24) is 0 Å². The second-order valence-electron chi connectivity index (χ2n) is 8.72. The van der Waals surface area contributed by atoms with E-state index in [1.165, 1.54) is 47.3 Å². The molecule has 0 amide bonds. The van der Waals surface area contributed by atoms with Gasteiger partial charge >= 0.3 is 5.97 Å². The number of ketones is 2. The summed E-state index contributed by atoms with van der Waals surface area (Å²) in [6, 6.07) is 15.8. The lowest BCUT2D eigenvalue weighted by Gasteiger charge is -2.15. The molecule has 0 aliphatic rings. The summed E-state index contributed by atoms with van der Waals surface area (Å²) < 4.78 is 32.3. The van der Waals surface area contributed by atoms with E-state index in [9.17, 15) is 14.4 Å². The summed E-state index contributed by atoms with van der Waals surface area (Å²) >= 11 is 1.35. The topological polar surface area (TPSA) is 107 Å². The van der Waals surface area contributed by atoms with Gasteiger partial charge in [-0.05, 0) is 29.8 Å². The fourth-order valence-electron chi connectivity index (χ4n) is 4.01. The third-order valence-electron chi connectivity index (χ3n) is 6.14. The van der Waals surface area contributed by atoms with Crippen LogP contribution >= 0.6 is 11.8 Å². The molecule has 0 saturated carbocycles. The van der Waals surface area contributed by atoms with Gasteiger partial charge in [-0.15, -0.1) is 11.8 Å². The maximum atomic E-state index is 13.1. The molecule has 3 aromatic carbocycles. The Balaban J connectivity index is 1.66. The second kappa shape index (κ2) is 15.6. The highest BCUT2D eigenvalue weighted by Crippen LogP contribution is 2.40. The number of rotatable bonds is 16. The molecule has 9 nitrogen and oxygen atoms in total. The van der Waals surface area contributed by atoms with Gasteiger partial charge in [-0.25, -0.2) is 0 Å². The number of ether oxygens (including phenoxy) is 6. The number of carbonyl (C=O) groups is 3. The van der Waals surface area contributed by atoms with Crippen LogP contribution in [0.15, 0.2) is 59.5 Å². The fraction of sp³-hybridized carbons (Fsp3) is 0.323. The van der Waals surface area contributed by atoms with Gasteiger partial charge in [0.25, 0.3) is 0 Å². The molecule has 0 fully saturated rings. The second-order valence-corrected chi connectivity index (χ2v) is 9.85. The van der Waals surface area contributed by atoms with Crippen LogP contribution in [0.25, 0.3) is 0 Å². The van der Waals surface area contributed by atoms with Crippen molar-refractivity contribution in [2.24, 2.45) is 0 Å². The maximum absolute atomic E-state index is 13.1. The molecule has 0 N–H and O–H groups in total. The first-order chi connectivity index (χ1) is 19.8. The molecular formula is C31H34O9S. The predicted molar refractivity (Wildman–Crippen MR) is 155 cm³/mol. The number of hydrogen-bond acceptors (Lipinski definition) is 10. The molecule has 0 radical (unpaired) electrons. The molecule has 218 valence electrons. The van der Waals surface area contributed by atoms with E-state index in [-0.39, 0.29) is 43.4 Å². The molecule has 10 heteroatoms. The number of carbonyl (C=O) groups excluding carboxylic acids is 3. The molecule has 41 heavy (non-hydrogen) atoms. The van der Waals surface area contributed by atoms with Crippen LogP contribution in [0.4, 0.5) is 0 Å². The fourth-order valence-corrected chi connectivity index (χ4v) is 5.02. The van der Waals surface area contributed by atoms with Gasteiger partial charge < -0.3 is 28.4 Å². The van der Waals surface area contributed by atoms with Gasteiger partial charge in [0.2, 0.25) is 5.75 Å². The first-order valence-corrected chi connectivity index (χ1v) is 13.8. The summed E-state index contributed by atoms with van der Waals surface area (Å²) in [5.41, 5.74) is 1.62. The number of Topliss-reactive ketones (excluding diaryl/α,β-unsaturated/α-hetero) is 2. The number of hydrogen-bond donors (Lipinski definition) is 0. The molecule has 0 aliphatic heterocycles. The average molecular weight is 583 g/mol. The molecule has 0 unspecified atom stereocenters. The van der Waals surface area contributed by atoms with Crippen LogP contribution in [0.5, 0.6) is 28.7 Å². The monoisotopic (exact) mass is 582 g/mol. The Morgan fingerprint density at radius 1 is 0.634 bits per heavy atom. The quantitative estimate of drug-likeness (QED) is 0.117. The van der Waals surface area contributed by atoms with Crippen LogP contribution < -0.4 is 23.7 Å². The minimum Gasteiger partial charge on any atom is -0.493 e. The summed E-state index contributed by atoms with van der Waals surface area (Å²) in [4.78, 5) is 39.0. The summed E-state index contributed by atoms with van der Waals surface area (Å²) in [7, 11) is 7.40. The van der Waals surface area contributed by atoms with Crippen molar-refractivity contribution in [3.05, 3.63) is 71.3 Å². The maximum Gasteiger partial charge on any atom is 0.306 e. The first-order valence-electron chi connectivity index (χ1n) is 12.8. The predicted octanol–water partition coefficient (Wildman–Crippen LogP) is 5.80. The van der Waals surface area contributed by atoms with Crippen molar-refractivity contribution >= 4 is 29.3 Å². The molecule has 0 spiro atoms. The van der Waals surface area contributed by atoms with Gasteiger partial charge in [-0.2, -0.15) is 0 Å². The van der Waals surface area contributed by atoms with Crippen molar-refractivity contribution in [3.8, 4) is 28.7 Å². The van der Waals surface area contributed by atoms with Gasteiger partial charge in [-0.3, -0.25) is 14.4 Å². The van der Waals surface area contributed by atoms with Gasteiger partial charge in [0.1, 0.15) is 6.61 Å². The van der Waals surface area contributed by atoms with Crippen LogP contribution in [-0.2, 0) is 16.1 Å². The molecule has 0 saturated heterocycles. The molecule has 3 aromatic rings. The Kier molecular flexibility index (Phi) is 11.9. The van der Waals surface area contributed by atoms with E-state index in [1.807, 2.05) is 30.3 Å². The molecule has 3 rings (SSSR count). The van der Waals surface area contributed by atoms with Gasteiger partial charge in [0, 0.05) is 29.7 Å². The minimum absolute atomic E-state index is 0.0262. The lowest BCUT2D eigenvalue weighted by molar-refractivity contribution is -0.144. The molecule has 0 aromatic heterocycles. The minimum atomic E-state index is -0.329. The van der Waals surface area contributed by atoms with E-state index < -0.39 is 0 Å². The largest absolute Gasteiger partial charge is 0.493 e. The Hall–Kier alpha value is -4.18. The Morgan fingerprint density at radius 2 is 1.15 bits per heavy atom. The highest BCUT2D eigenvalue weighted by atomic mass is 32.2. The van der Waals surface area contributed by atoms with Crippen molar-refractivity contribution in [3.63, 3.8) is 0 Å². The zero-order chi connectivity index (χ0) is 29.8. The summed E-state index contributed by atoms with van der Waals surface area (Å²) in [5.74, 6) is 1.51. The first kappa shape index (κ1) is 31.3. The average Bonchev–Trinajstić information content (AvgIpc) is 3.01. The lowest BCUT2D eigenvalue weighted by Crippen LogP contribution is -2.08. The summed E-state index contributed by atoms with van der Waals surface area (Å²) in [5, 5.41) is 0. The lowest BCUT2D eigenvalue weighted by atomic mass is 10.0. The third kappa shape index (κ3) is 8.40. The van der Waals surface area contributed by atoms with Crippen LogP contribution in [0.1, 0.15) is 45.5 Å². The zero-order valence-corrected chi connectivity index (χ0v) is 24.6. The third-order valence-corrected chi connectivity index (χ3v) is 7.16. The van der Waals surface area contributed by atoms with E-state index in [4.69, 9.17) is 28.4 Å². The van der Waals surface area contributed by atoms with Gasteiger partial charge in [0.15, 0.2) is 34.6 Å². The van der Waals surface area contributed by atoms with Crippen LogP contribution in [0.3, 0.4) is 0 Å².